The van der Waals surface area contributed by atoms with E-state index in [-0.39, 0.29) is 23.0 Å². The van der Waals surface area contributed by atoms with Crippen LogP contribution in [0.5, 0.6) is 34.5 Å². The highest BCUT2D eigenvalue weighted by Gasteiger charge is 2.19. The molecule has 0 spiro atoms. The second-order valence-corrected chi connectivity index (χ2v) is 4.47. The van der Waals surface area contributed by atoms with Crippen LogP contribution in [0.4, 0.5) is 0 Å². The molecular weight excluding hydrogens is 320 g/mol. The Balaban J connectivity index is 0.000000300. The van der Waals surface area contributed by atoms with Gasteiger partial charge in [-0.2, -0.15) is 0 Å². The Bertz CT molecular complexity index is 660. The van der Waals surface area contributed by atoms with E-state index in [1.54, 1.807) is 0 Å². The molecule has 0 saturated carbocycles. The van der Waals surface area contributed by atoms with Gasteiger partial charge >= 0.3 is 11.9 Å². The zero-order valence-corrected chi connectivity index (χ0v) is 12.9. The Labute approximate surface area is 137 Å². The van der Waals surface area contributed by atoms with Gasteiger partial charge in [-0.1, -0.05) is 0 Å². The minimum atomic E-state index is -0.714. The number of carbonyl (C=O) groups excluding carboxylic acids is 2. The van der Waals surface area contributed by atoms with E-state index >= 15 is 0 Å². The van der Waals surface area contributed by atoms with E-state index in [9.17, 15) is 19.8 Å². The Morgan fingerprint density at radius 3 is 1.21 bits per heavy atom. The first-order valence-electron chi connectivity index (χ1n) is 6.60. The van der Waals surface area contributed by atoms with E-state index in [4.69, 9.17) is 10.2 Å². The molecule has 8 heteroatoms. The molecule has 0 aliphatic heterocycles. The number of phenols is 4. The van der Waals surface area contributed by atoms with Gasteiger partial charge in [0.15, 0.2) is 11.5 Å². The largest absolute Gasteiger partial charge is 0.508 e. The molecule has 0 heterocycles. The first kappa shape index (κ1) is 18.6. The Morgan fingerprint density at radius 1 is 0.667 bits per heavy atom. The summed E-state index contributed by atoms with van der Waals surface area (Å²) in [5.41, 5.74) is 0. The highest BCUT2D eigenvalue weighted by molar-refractivity contribution is 5.76. The monoisotopic (exact) mass is 336 g/mol. The SMILES string of the molecule is CC(=O)Oc1c(O)ccc(O)c1OC(C)=O.Oc1ccc(O)cc1. The highest BCUT2D eigenvalue weighted by Crippen LogP contribution is 2.43. The van der Waals surface area contributed by atoms with Gasteiger partial charge in [0.1, 0.15) is 11.5 Å². The lowest BCUT2D eigenvalue weighted by Crippen LogP contribution is -2.07. The number of rotatable bonds is 2. The van der Waals surface area contributed by atoms with Crippen molar-refractivity contribution in [3.05, 3.63) is 36.4 Å². The number of hydrogen-bond donors (Lipinski definition) is 4. The van der Waals surface area contributed by atoms with Gasteiger partial charge in [-0.25, -0.2) is 0 Å². The van der Waals surface area contributed by atoms with Crippen LogP contribution >= 0.6 is 0 Å². The molecule has 0 amide bonds. The predicted molar refractivity (Wildman–Crippen MR) is 82.2 cm³/mol. The second-order valence-electron chi connectivity index (χ2n) is 4.47. The van der Waals surface area contributed by atoms with Crippen molar-refractivity contribution in [2.45, 2.75) is 13.8 Å². The average Bonchev–Trinajstić information content (AvgIpc) is 2.49. The van der Waals surface area contributed by atoms with Crippen LogP contribution in [-0.4, -0.2) is 32.4 Å². The van der Waals surface area contributed by atoms with Gasteiger partial charge in [0, 0.05) is 13.8 Å². The minimum Gasteiger partial charge on any atom is -0.508 e. The van der Waals surface area contributed by atoms with Gasteiger partial charge in [-0.15, -0.1) is 0 Å². The normalized spacial score (nSPS) is 9.42. The summed E-state index contributed by atoms with van der Waals surface area (Å²) < 4.78 is 9.26. The van der Waals surface area contributed by atoms with E-state index < -0.39 is 23.4 Å². The molecule has 0 atom stereocenters. The highest BCUT2D eigenvalue weighted by atomic mass is 16.6. The van der Waals surface area contributed by atoms with Gasteiger partial charge < -0.3 is 29.9 Å². The van der Waals surface area contributed by atoms with Crippen molar-refractivity contribution < 1.29 is 39.5 Å². The predicted octanol–water partition coefficient (Wildman–Crippen LogP) is 2.05. The third-order valence-electron chi connectivity index (χ3n) is 2.41. The summed E-state index contributed by atoms with van der Waals surface area (Å²) in [5.74, 6) is -2.69. The third kappa shape index (κ3) is 5.76. The van der Waals surface area contributed by atoms with E-state index in [1.165, 1.54) is 24.3 Å². The van der Waals surface area contributed by atoms with Crippen molar-refractivity contribution in [3.8, 4) is 34.5 Å². The second kappa shape index (κ2) is 8.28. The summed E-state index contributed by atoms with van der Waals surface area (Å²) in [6.45, 7) is 2.22. The molecule has 0 unspecified atom stereocenters. The number of ether oxygens (including phenoxy) is 2. The van der Waals surface area contributed by atoms with Crippen molar-refractivity contribution in [2.75, 3.05) is 0 Å². The zero-order valence-electron chi connectivity index (χ0n) is 12.9. The van der Waals surface area contributed by atoms with E-state index in [0.29, 0.717) is 0 Å². The number of carbonyl (C=O) groups is 2. The number of esters is 2. The molecular formula is C16H16O8. The molecule has 2 rings (SSSR count). The summed E-state index contributed by atoms with van der Waals surface area (Å²) in [4.78, 5) is 21.5. The fraction of sp³-hybridized carbons (Fsp3) is 0.125. The molecule has 8 nitrogen and oxygen atoms in total. The average molecular weight is 336 g/mol. The van der Waals surface area contributed by atoms with E-state index in [0.717, 1.165) is 26.0 Å². The Morgan fingerprint density at radius 2 is 0.958 bits per heavy atom. The van der Waals surface area contributed by atoms with Crippen molar-refractivity contribution >= 4 is 11.9 Å². The minimum absolute atomic E-state index is 0.169. The number of phenolic OH excluding ortho intramolecular Hbond substituents is 4. The lowest BCUT2D eigenvalue weighted by molar-refractivity contribution is -0.134. The first-order valence-corrected chi connectivity index (χ1v) is 6.60. The molecule has 24 heavy (non-hydrogen) atoms. The maximum atomic E-state index is 10.8. The lowest BCUT2D eigenvalue weighted by Gasteiger charge is -2.11. The molecule has 128 valence electrons. The smallest absolute Gasteiger partial charge is 0.308 e. The van der Waals surface area contributed by atoms with Gasteiger partial charge in [0.25, 0.3) is 0 Å². The number of aromatic hydroxyl groups is 4. The quantitative estimate of drug-likeness (QED) is 0.372. The molecule has 0 bridgehead atoms. The van der Waals surface area contributed by atoms with Crippen molar-refractivity contribution in [1.29, 1.82) is 0 Å². The molecule has 0 aromatic heterocycles. The standard InChI is InChI=1S/C10H10O6.C6H6O2/c1-5(11)15-9-7(13)3-4-8(14)10(9)16-6(2)12;7-5-1-2-6(8)4-3-5/h3-4,13-14H,1-2H3;1-4,7-8H. The Kier molecular flexibility index (Phi) is 6.42. The molecule has 2 aromatic carbocycles. The van der Waals surface area contributed by atoms with Crippen LogP contribution < -0.4 is 9.47 Å². The van der Waals surface area contributed by atoms with Crippen LogP contribution in [0, 0.1) is 0 Å². The van der Waals surface area contributed by atoms with Crippen LogP contribution in [0.15, 0.2) is 36.4 Å². The molecule has 0 saturated heterocycles. The van der Waals surface area contributed by atoms with E-state index in [2.05, 4.69) is 9.47 Å². The lowest BCUT2D eigenvalue weighted by atomic mass is 10.2. The fourth-order valence-electron chi connectivity index (χ4n) is 1.48. The van der Waals surface area contributed by atoms with Gasteiger partial charge in [0.2, 0.25) is 11.5 Å². The van der Waals surface area contributed by atoms with E-state index in [1.807, 2.05) is 0 Å². The zero-order chi connectivity index (χ0) is 18.3. The molecule has 0 aliphatic carbocycles. The van der Waals surface area contributed by atoms with Crippen LogP contribution in [-0.2, 0) is 9.59 Å². The van der Waals surface area contributed by atoms with Gasteiger partial charge in [-0.05, 0) is 36.4 Å². The summed E-state index contributed by atoms with van der Waals surface area (Å²) in [6, 6.07) is 7.93. The summed E-state index contributed by atoms with van der Waals surface area (Å²) in [6.07, 6.45) is 0. The van der Waals surface area contributed by atoms with Crippen LogP contribution in [0.1, 0.15) is 13.8 Å². The summed E-state index contributed by atoms with van der Waals surface area (Å²) in [7, 11) is 0. The third-order valence-corrected chi connectivity index (χ3v) is 2.41. The van der Waals surface area contributed by atoms with Crippen molar-refractivity contribution in [3.63, 3.8) is 0 Å². The van der Waals surface area contributed by atoms with Crippen molar-refractivity contribution in [1.82, 2.24) is 0 Å². The topological polar surface area (TPSA) is 134 Å². The van der Waals surface area contributed by atoms with Crippen LogP contribution in [0.25, 0.3) is 0 Å². The first-order chi connectivity index (χ1) is 11.2. The van der Waals surface area contributed by atoms with Crippen LogP contribution in [0.3, 0.4) is 0 Å². The van der Waals surface area contributed by atoms with Gasteiger partial charge in [0.05, 0.1) is 0 Å². The van der Waals surface area contributed by atoms with Crippen molar-refractivity contribution in [2.24, 2.45) is 0 Å². The van der Waals surface area contributed by atoms with Gasteiger partial charge in [-0.3, -0.25) is 9.59 Å². The molecule has 2 aromatic rings. The van der Waals surface area contributed by atoms with Crippen LogP contribution in [0.2, 0.25) is 0 Å². The number of benzene rings is 2. The number of hydrogen-bond acceptors (Lipinski definition) is 8. The molecule has 0 aliphatic rings. The molecule has 0 fully saturated rings. The maximum Gasteiger partial charge on any atom is 0.308 e. The maximum absolute atomic E-state index is 10.8. The molecule has 0 radical (unpaired) electrons. The Hall–Kier alpha value is -3.42. The summed E-state index contributed by atoms with van der Waals surface area (Å²) >= 11 is 0. The fourth-order valence-corrected chi connectivity index (χ4v) is 1.48. The summed E-state index contributed by atoms with van der Waals surface area (Å²) in [5, 5.41) is 36.1. The molecule has 4 N–H and O–H groups in total.